The molecule has 1 heteroatoms. The van der Waals surface area contributed by atoms with E-state index in [0.29, 0.717) is 0 Å². The lowest BCUT2D eigenvalue weighted by atomic mass is 9.52. The van der Waals surface area contributed by atoms with Crippen LogP contribution in [0.25, 0.3) is 68.8 Å². The number of hydrogen-bond acceptors (Lipinski definition) is 1. The van der Waals surface area contributed by atoms with Crippen LogP contribution in [0.4, 0.5) is 17.1 Å². The molecular formula is C81H57N. The molecule has 386 valence electrons. The van der Waals surface area contributed by atoms with E-state index >= 15 is 0 Å². The van der Waals surface area contributed by atoms with E-state index in [2.05, 4.69) is 328 Å². The first-order valence-corrected chi connectivity index (χ1v) is 28.8. The van der Waals surface area contributed by atoms with E-state index in [-0.39, 0.29) is 5.41 Å². The second kappa shape index (κ2) is 18.5. The van der Waals surface area contributed by atoms with Crippen LogP contribution in [0.3, 0.4) is 0 Å². The van der Waals surface area contributed by atoms with E-state index in [9.17, 15) is 0 Å². The molecule has 0 saturated carbocycles. The maximum atomic E-state index is 2.54. The second-order valence-electron chi connectivity index (χ2n) is 23.1. The van der Waals surface area contributed by atoms with Crippen molar-refractivity contribution in [3.63, 3.8) is 0 Å². The molecule has 12 aromatic rings. The van der Waals surface area contributed by atoms with Crippen LogP contribution in [-0.4, -0.2) is 0 Å². The summed E-state index contributed by atoms with van der Waals surface area (Å²) in [6, 6.07) is 107. The van der Waals surface area contributed by atoms with Gasteiger partial charge in [0.15, 0.2) is 0 Å². The van der Waals surface area contributed by atoms with Gasteiger partial charge in [-0.25, -0.2) is 0 Å². The van der Waals surface area contributed by atoms with Gasteiger partial charge in [0.2, 0.25) is 0 Å². The van der Waals surface area contributed by atoms with E-state index in [1.54, 1.807) is 0 Å². The molecule has 0 bridgehead atoms. The summed E-state index contributed by atoms with van der Waals surface area (Å²) >= 11 is 0. The van der Waals surface area contributed by atoms with Crippen LogP contribution in [-0.2, 0) is 16.2 Å². The van der Waals surface area contributed by atoms with Gasteiger partial charge in [-0.3, -0.25) is 0 Å². The lowest BCUT2D eigenvalue weighted by molar-refractivity contribution is 0.633. The Labute approximate surface area is 481 Å². The predicted octanol–water partition coefficient (Wildman–Crippen LogP) is 20.5. The third kappa shape index (κ3) is 6.99. The van der Waals surface area contributed by atoms with E-state index in [1.807, 2.05) is 0 Å². The van der Waals surface area contributed by atoms with Gasteiger partial charge < -0.3 is 4.90 Å². The molecule has 12 aromatic carbocycles. The van der Waals surface area contributed by atoms with Gasteiger partial charge >= 0.3 is 0 Å². The topological polar surface area (TPSA) is 3.24 Å². The van der Waals surface area contributed by atoms with Crippen molar-refractivity contribution in [1.82, 2.24) is 0 Å². The molecule has 0 heterocycles. The molecule has 4 aliphatic rings. The van der Waals surface area contributed by atoms with E-state index in [4.69, 9.17) is 0 Å². The van der Waals surface area contributed by atoms with Crippen molar-refractivity contribution in [3.05, 3.63) is 363 Å². The first-order valence-electron chi connectivity index (χ1n) is 28.8. The van der Waals surface area contributed by atoms with E-state index in [1.165, 1.54) is 111 Å². The Hall–Kier alpha value is -10.1. The zero-order chi connectivity index (χ0) is 54.6. The highest BCUT2D eigenvalue weighted by atomic mass is 15.1. The van der Waals surface area contributed by atoms with Crippen LogP contribution in [0.1, 0.15) is 91.7 Å². The van der Waals surface area contributed by atoms with Crippen molar-refractivity contribution in [2.24, 2.45) is 0 Å². The molecule has 82 heavy (non-hydrogen) atoms. The SMILES string of the molecule is CC1(C)c2cc(/C=C/c3ccc(/C=C/c4ccc(-c5ccc6c(c5)C5(c7ccccc7-c7ccccc75)c5ccccc5C65c6ccccc6-c6ccccc65)cc4)cc3)ccc2-c2ccc(N(c3ccccc3)c3ccccc3)cc21. The minimum atomic E-state index is -0.520. The van der Waals surface area contributed by atoms with Crippen LogP contribution in [0.2, 0.25) is 0 Å². The molecule has 0 aromatic heterocycles. The van der Waals surface area contributed by atoms with Gasteiger partial charge in [-0.1, -0.05) is 281 Å². The fourth-order valence-electron chi connectivity index (χ4n) is 14.9. The monoisotopic (exact) mass is 1040 g/mol. The molecular weight excluding hydrogens is 987 g/mol. The molecule has 0 aliphatic heterocycles. The van der Waals surface area contributed by atoms with Crippen molar-refractivity contribution in [3.8, 4) is 44.5 Å². The molecule has 16 rings (SSSR count). The average molecular weight is 1040 g/mol. The molecule has 0 radical (unpaired) electrons. The number of fused-ring (bicyclic) bond motifs is 19. The molecule has 0 saturated heterocycles. The summed E-state index contributed by atoms with van der Waals surface area (Å²) in [5.74, 6) is 0. The van der Waals surface area contributed by atoms with Gasteiger partial charge in [0, 0.05) is 22.5 Å². The van der Waals surface area contributed by atoms with Gasteiger partial charge in [-0.15, -0.1) is 0 Å². The number of nitrogens with zero attached hydrogens (tertiary/aromatic N) is 1. The first kappa shape index (κ1) is 47.9. The Bertz CT molecular complexity index is 4440. The van der Waals surface area contributed by atoms with Crippen LogP contribution in [0.5, 0.6) is 0 Å². The van der Waals surface area contributed by atoms with Crippen molar-refractivity contribution < 1.29 is 0 Å². The molecule has 0 unspecified atom stereocenters. The molecule has 0 amide bonds. The van der Waals surface area contributed by atoms with Crippen LogP contribution in [0.15, 0.2) is 285 Å². The van der Waals surface area contributed by atoms with Crippen LogP contribution in [0, 0.1) is 0 Å². The van der Waals surface area contributed by atoms with E-state index in [0.717, 1.165) is 28.2 Å². The summed E-state index contributed by atoms with van der Waals surface area (Å²) in [5, 5.41) is 0. The Morgan fingerprint density at radius 1 is 0.232 bits per heavy atom. The molecule has 0 atom stereocenters. The summed E-state index contributed by atoms with van der Waals surface area (Å²) < 4.78 is 0. The second-order valence-corrected chi connectivity index (χ2v) is 23.1. The minimum Gasteiger partial charge on any atom is -0.310 e. The quantitative estimate of drug-likeness (QED) is 0.137. The number of hydrogen-bond donors (Lipinski definition) is 0. The fraction of sp³-hybridized carbons (Fsp3) is 0.0617. The van der Waals surface area contributed by atoms with Gasteiger partial charge in [0.25, 0.3) is 0 Å². The highest BCUT2D eigenvalue weighted by Crippen LogP contribution is 2.67. The molecule has 4 aliphatic carbocycles. The summed E-state index contributed by atoms with van der Waals surface area (Å²) in [6.07, 6.45) is 8.93. The number of rotatable bonds is 8. The maximum Gasteiger partial charge on any atom is 0.0720 e. The zero-order valence-corrected chi connectivity index (χ0v) is 45.9. The van der Waals surface area contributed by atoms with Crippen molar-refractivity contribution >= 4 is 41.4 Å². The number of anilines is 3. The lowest BCUT2D eigenvalue weighted by Crippen LogP contribution is -2.43. The highest BCUT2D eigenvalue weighted by Gasteiger charge is 2.59. The lowest BCUT2D eigenvalue weighted by Gasteiger charge is -2.49. The first-order chi connectivity index (χ1) is 40.4. The maximum absolute atomic E-state index is 2.54. The molecule has 0 fully saturated rings. The minimum absolute atomic E-state index is 0.160. The Morgan fingerprint density at radius 2 is 0.573 bits per heavy atom. The molecule has 0 N–H and O–H groups in total. The van der Waals surface area contributed by atoms with Crippen molar-refractivity contribution in [2.45, 2.75) is 30.1 Å². The third-order valence-electron chi connectivity index (χ3n) is 18.6. The largest absolute Gasteiger partial charge is 0.310 e. The smallest absolute Gasteiger partial charge is 0.0720 e. The van der Waals surface area contributed by atoms with Crippen molar-refractivity contribution in [2.75, 3.05) is 4.90 Å². The third-order valence-corrected chi connectivity index (χ3v) is 18.6. The fourth-order valence-corrected chi connectivity index (χ4v) is 14.9. The summed E-state index contributed by atoms with van der Waals surface area (Å²) in [4.78, 5) is 2.35. The summed E-state index contributed by atoms with van der Waals surface area (Å²) in [6.45, 7) is 4.73. The predicted molar refractivity (Wildman–Crippen MR) is 343 cm³/mol. The summed E-state index contributed by atoms with van der Waals surface area (Å²) in [7, 11) is 0. The van der Waals surface area contributed by atoms with Gasteiger partial charge in [0.1, 0.15) is 0 Å². The zero-order valence-electron chi connectivity index (χ0n) is 45.9. The Balaban J connectivity index is 0.687. The highest BCUT2D eigenvalue weighted by molar-refractivity contribution is 5.95. The van der Waals surface area contributed by atoms with Crippen LogP contribution < -0.4 is 4.90 Å². The average Bonchev–Trinajstić information content (AvgIpc) is 1.89. The van der Waals surface area contributed by atoms with Gasteiger partial charge in [-0.2, -0.15) is 0 Å². The van der Waals surface area contributed by atoms with Gasteiger partial charge in [-0.05, 0) is 165 Å². The van der Waals surface area contributed by atoms with Crippen molar-refractivity contribution in [1.29, 1.82) is 0 Å². The Kier molecular flexibility index (Phi) is 10.8. The van der Waals surface area contributed by atoms with Crippen LogP contribution >= 0.6 is 0 Å². The standard InChI is InChI=1S/C81H57N/c1-79(2)76-51-57(43-48-67(76)68-49-47-62(53-77(68)79)82(60-19-5-3-6-20-60)61-21-7-4-8-22-61)40-39-55-35-33-54(34-36-55)37-38-56-41-44-58(45-42-56)59-46-50-75-78(52-59)81(71-29-15-11-25-65(71)66-26-12-16-30-72(66)81)74-32-18-17-31-73(74)80(75)69-27-13-9-23-63(69)64-24-10-14-28-70(64)80/h3-53H,1-2H3/b38-37+,40-39+. The van der Waals surface area contributed by atoms with E-state index < -0.39 is 10.8 Å². The number of benzene rings is 12. The number of para-hydroxylation sites is 2. The Morgan fingerprint density at radius 3 is 1.06 bits per heavy atom. The normalized spacial score (nSPS) is 14.7. The molecule has 1 nitrogen and oxygen atoms in total. The van der Waals surface area contributed by atoms with Gasteiger partial charge in [0.05, 0.1) is 10.8 Å². The summed E-state index contributed by atoms with van der Waals surface area (Å²) in [5.41, 5.74) is 30.8. The molecule has 2 spiro atoms.